The number of rotatable bonds is 2. The topological polar surface area (TPSA) is 78.9 Å². The van der Waals surface area contributed by atoms with Gasteiger partial charge in [-0.25, -0.2) is 4.39 Å². The van der Waals surface area contributed by atoms with Crippen molar-refractivity contribution in [3.8, 4) is 6.07 Å². The predicted molar refractivity (Wildman–Crippen MR) is 55.9 cm³/mol. The number of nitrogens with two attached hydrogens (primary N) is 1. The molecule has 1 aromatic carbocycles. The molecule has 0 saturated heterocycles. The summed E-state index contributed by atoms with van der Waals surface area (Å²) < 4.78 is 13.2. The zero-order valence-electron chi connectivity index (χ0n) is 8.46. The summed E-state index contributed by atoms with van der Waals surface area (Å²) in [6.07, 6.45) is 1.24. The van der Waals surface area contributed by atoms with E-state index < -0.39 is 11.4 Å². The maximum absolute atomic E-state index is 13.2. The third-order valence-electron chi connectivity index (χ3n) is 2.61. The molecule has 1 aliphatic rings. The van der Waals surface area contributed by atoms with E-state index in [1.165, 1.54) is 18.2 Å². The fraction of sp³-hybridized carbons (Fsp3) is 0.273. The Bertz CT molecular complexity index is 488. The number of nitriles is 1. The third kappa shape index (κ3) is 1.75. The summed E-state index contributed by atoms with van der Waals surface area (Å²) in [6.45, 7) is 0. The van der Waals surface area contributed by atoms with Crippen LogP contribution in [0.5, 0.6) is 0 Å². The van der Waals surface area contributed by atoms with Crippen molar-refractivity contribution in [3.63, 3.8) is 0 Å². The lowest BCUT2D eigenvalue weighted by Gasteiger charge is -2.11. The Hall–Kier alpha value is -1.93. The average molecular weight is 219 g/mol. The van der Waals surface area contributed by atoms with E-state index in [1.54, 1.807) is 6.07 Å². The van der Waals surface area contributed by atoms with E-state index in [0.29, 0.717) is 12.8 Å². The number of carbonyl (C=O) groups is 1. The largest absolute Gasteiger partial charge is 0.323 e. The van der Waals surface area contributed by atoms with Crippen molar-refractivity contribution < 1.29 is 9.18 Å². The Morgan fingerprint density at radius 3 is 2.81 bits per heavy atom. The van der Waals surface area contributed by atoms with Crippen LogP contribution in [0.2, 0.25) is 0 Å². The summed E-state index contributed by atoms with van der Waals surface area (Å²) in [5, 5.41) is 11.2. The van der Waals surface area contributed by atoms with Gasteiger partial charge in [-0.1, -0.05) is 6.07 Å². The fourth-order valence-electron chi connectivity index (χ4n) is 1.35. The van der Waals surface area contributed by atoms with E-state index >= 15 is 0 Å². The zero-order valence-corrected chi connectivity index (χ0v) is 8.46. The van der Waals surface area contributed by atoms with Gasteiger partial charge in [-0.05, 0) is 25.0 Å². The number of halogens is 1. The van der Waals surface area contributed by atoms with Crippen molar-refractivity contribution in [2.24, 2.45) is 5.73 Å². The average Bonchev–Trinajstić information content (AvgIpc) is 2.98. The van der Waals surface area contributed by atoms with E-state index in [9.17, 15) is 9.18 Å². The molecule has 1 fully saturated rings. The first-order valence-electron chi connectivity index (χ1n) is 4.86. The summed E-state index contributed by atoms with van der Waals surface area (Å²) >= 11 is 0. The van der Waals surface area contributed by atoms with Crippen LogP contribution in [0.4, 0.5) is 10.1 Å². The molecule has 0 spiro atoms. The van der Waals surface area contributed by atoms with E-state index in [2.05, 4.69) is 5.32 Å². The number of anilines is 1. The number of nitrogens with zero attached hydrogens (tertiary/aromatic N) is 1. The molecule has 82 valence electrons. The summed E-state index contributed by atoms with van der Waals surface area (Å²) in [5.74, 6) is -1.02. The first kappa shape index (κ1) is 10.6. The van der Waals surface area contributed by atoms with E-state index in [4.69, 9.17) is 11.0 Å². The van der Waals surface area contributed by atoms with Crippen molar-refractivity contribution in [3.05, 3.63) is 29.6 Å². The normalized spacial score (nSPS) is 16.3. The van der Waals surface area contributed by atoms with Crippen molar-refractivity contribution in [2.45, 2.75) is 18.4 Å². The molecular weight excluding hydrogens is 209 g/mol. The van der Waals surface area contributed by atoms with E-state index in [0.717, 1.165) is 0 Å². The highest BCUT2D eigenvalue weighted by atomic mass is 19.1. The van der Waals surface area contributed by atoms with Crippen LogP contribution in [0.1, 0.15) is 18.4 Å². The van der Waals surface area contributed by atoms with Gasteiger partial charge in [0, 0.05) is 0 Å². The number of amides is 1. The summed E-state index contributed by atoms with van der Waals surface area (Å²) in [6, 6.07) is 5.79. The van der Waals surface area contributed by atoms with Crippen molar-refractivity contribution in [2.75, 3.05) is 5.32 Å². The van der Waals surface area contributed by atoms with Crippen molar-refractivity contribution >= 4 is 11.6 Å². The lowest BCUT2D eigenvalue weighted by molar-refractivity contribution is -0.118. The Morgan fingerprint density at radius 2 is 2.25 bits per heavy atom. The van der Waals surface area contributed by atoms with Gasteiger partial charge in [-0.3, -0.25) is 4.79 Å². The van der Waals surface area contributed by atoms with Crippen LogP contribution in [0.25, 0.3) is 0 Å². The molecule has 2 rings (SSSR count). The second-order valence-corrected chi connectivity index (χ2v) is 3.88. The molecule has 1 aliphatic carbocycles. The number of carbonyl (C=O) groups excluding carboxylic acids is 1. The maximum atomic E-state index is 13.2. The SMILES string of the molecule is N#Cc1c(F)cccc1NC(=O)C1(N)CC1. The van der Waals surface area contributed by atoms with Gasteiger partial charge >= 0.3 is 0 Å². The van der Waals surface area contributed by atoms with Gasteiger partial charge in [-0.15, -0.1) is 0 Å². The van der Waals surface area contributed by atoms with Gasteiger partial charge < -0.3 is 11.1 Å². The second-order valence-electron chi connectivity index (χ2n) is 3.88. The van der Waals surface area contributed by atoms with E-state index in [1.807, 2.05) is 0 Å². The standard InChI is InChI=1S/C11H10FN3O/c12-8-2-1-3-9(7(8)6-13)15-10(16)11(14)4-5-11/h1-3H,4-5,14H2,(H,15,16). The van der Waals surface area contributed by atoms with Gasteiger partial charge in [0.15, 0.2) is 0 Å². The minimum Gasteiger partial charge on any atom is -0.323 e. The highest BCUT2D eigenvalue weighted by molar-refractivity contribution is 6.00. The summed E-state index contributed by atoms with van der Waals surface area (Å²) in [7, 11) is 0. The van der Waals surface area contributed by atoms with Gasteiger partial charge in [-0.2, -0.15) is 5.26 Å². The third-order valence-corrected chi connectivity index (χ3v) is 2.61. The molecule has 0 aliphatic heterocycles. The molecule has 1 aromatic rings. The number of benzene rings is 1. The van der Waals surface area contributed by atoms with Gasteiger partial charge in [0.1, 0.15) is 17.4 Å². The lowest BCUT2D eigenvalue weighted by atomic mass is 10.1. The van der Waals surface area contributed by atoms with Gasteiger partial charge in [0.05, 0.1) is 11.2 Å². The maximum Gasteiger partial charge on any atom is 0.244 e. The van der Waals surface area contributed by atoms with Crippen LogP contribution in [-0.4, -0.2) is 11.4 Å². The van der Waals surface area contributed by atoms with Crippen LogP contribution >= 0.6 is 0 Å². The molecule has 0 heterocycles. The lowest BCUT2D eigenvalue weighted by Crippen LogP contribution is -2.38. The Morgan fingerprint density at radius 1 is 1.56 bits per heavy atom. The molecule has 0 bridgehead atoms. The fourth-order valence-corrected chi connectivity index (χ4v) is 1.35. The summed E-state index contributed by atoms with van der Waals surface area (Å²) in [5.41, 5.74) is 4.85. The molecule has 0 atom stereocenters. The zero-order chi connectivity index (χ0) is 11.8. The number of hydrogen-bond acceptors (Lipinski definition) is 3. The second kappa shape index (κ2) is 3.58. The minimum absolute atomic E-state index is 0.167. The monoisotopic (exact) mass is 219 g/mol. The first-order valence-corrected chi connectivity index (χ1v) is 4.86. The van der Waals surface area contributed by atoms with Crippen LogP contribution in [0.15, 0.2) is 18.2 Å². The van der Waals surface area contributed by atoms with Crippen molar-refractivity contribution in [1.82, 2.24) is 0 Å². The Balaban J connectivity index is 2.25. The minimum atomic E-state index is -0.834. The molecule has 0 radical (unpaired) electrons. The number of nitrogens with one attached hydrogen (secondary N) is 1. The van der Waals surface area contributed by atoms with E-state index in [-0.39, 0.29) is 17.2 Å². The smallest absolute Gasteiger partial charge is 0.244 e. The molecule has 3 N–H and O–H groups in total. The highest BCUT2D eigenvalue weighted by Gasteiger charge is 2.46. The molecule has 1 amide bonds. The molecule has 5 heteroatoms. The van der Waals surface area contributed by atoms with Crippen LogP contribution in [-0.2, 0) is 4.79 Å². The predicted octanol–water partition coefficient (Wildman–Crippen LogP) is 1.13. The quantitative estimate of drug-likeness (QED) is 0.782. The molecule has 0 aromatic heterocycles. The molecule has 4 nitrogen and oxygen atoms in total. The van der Waals surface area contributed by atoms with Crippen LogP contribution < -0.4 is 11.1 Å². The molecule has 1 saturated carbocycles. The van der Waals surface area contributed by atoms with Crippen molar-refractivity contribution in [1.29, 1.82) is 5.26 Å². The molecule has 0 unspecified atom stereocenters. The van der Waals surface area contributed by atoms with Gasteiger partial charge in [0.2, 0.25) is 5.91 Å². The Kier molecular flexibility index (Phi) is 2.37. The Labute approximate surface area is 91.9 Å². The van der Waals surface area contributed by atoms with Gasteiger partial charge in [0.25, 0.3) is 0 Å². The first-order chi connectivity index (χ1) is 7.57. The van der Waals surface area contributed by atoms with Crippen LogP contribution in [0.3, 0.4) is 0 Å². The van der Waals surface area contributed by atoms with Crippen LogP contribution in [0, 0.1) is 17.1 Å². The molecule has 16 heavy (non-hydrogen) atoms. The summed E-state index contributed by atoms with van der Waals surface area (Å²) in [4.78, 5) is 11.6. The number of hydrogen-bond donors (Lipinski definition) is 2. The highest BCUT2D eigenvalue weighted by Crippen LogP contribution is 2.33. The molecular formula is C11H10FN3O.